The zero-order chi connectivity index (χ0) is 24.1. The van der Waals surface area contributed by atoms with Crippen molar-refractivity contribution in [3.8, 4) is 17.3 Å². The van der Waals surface area contributed by atoms with Crippen LogP contribution in [0.4, 0.5) is 5.69 Å². The number of hydrogen-bond acceptors (Lipinski definition) is 7. The van der Waals surface area contributed by atoms with Crippen molar-refractivity contribution in [2.24, 2.45) is 0 Å². The Labute approximate surface area is 198 Å². The van der Waals surface area contributed by atoms with Crippen LogP contribution in [0, 0.1) is 6.92 Å². The number of nitrogens with one attached hydrogen (secondary N) is 1. The number of nitrogens with zero attached hydrogens (tertiary/aromatic N) is 5. The van der Waals surface area contributed by atoms with Gasteiger partial charge in [0.1, 0.15) is 24.1 Å². The van der Waals surface area contributed by atoms with Gasteiger partial charge in [0.05, 0.1) is 7.11 Å². The van der Waals surface area contributed by atoms with Gasteiger partial charge >= 0.3 is 0 Å². The van der Waals surface area contributed by atoms with Crippen LogP contribution in [0.25, 0.3) is 11.6 Å². The number of amides is 2. The number of aryl methyl sites for hydroxylation is 1. The molecule has 0 bridgehead atoms. The quantitative estimate of drug-likeness (QED) is 0.515. The summed E-state index contributed by atoms with van der Waals surface area (Å²) in [5.41, 5.74) is 0.598. The summed E-state index contributed by atoms with van der Waals surface area (Å²) in [7, 11) is 1.58. The van der Waals surface area contributed by atoms with E-state index in [-0.39, 0.29) is 24.4 Å². The van der Waals surface area contributed by atoms with Crippen molar-refractivity contribution in [3.05, 3.63) is 42.2 Å². The van der Waals surface area contributed by atoms with Gasteiger partial charge in [-0.05, 0) is 67.8 Å². The maximum Gasteiger partial charge on any atom is 0.251 e. The third kappa shape index (κ3) is 5.27. The van der Waals surface area contributed by atoms with Crippen LogP contribution in [0.5, 0.6) is 5.75 Å². The molecule has 1 aromatic carbocycles. The van der Waals surface area contributed by atoms with E-state index in [1.807, 2.05) is 13.8 Å². The first kappa shape index (κ1) is 23.5. The summed E-state index contributed by atoms with van der Waals surface area (Å²) in [6.45, 7) is 3.55. The summed E-state index contributed by atoms with van der Waals surface area (Å²) in [5.74, 6) is 1.69. The predicted molar refractivity (Wildman–Crippen MR) is 125 cm³/mol. The molecule has 1 aliphatic carbocycles. The van der Waals surface area contributed by atoms with Gasteiger partial charge in [-0.2, -0.15) is 4.80 Å². The van der Waals surface area contributed by atoms with E-state index < -0.39 is 6.04 Å². The minimum atomic E-state index is -0.669. The van der Waals surface area contributed by atoms with E-state index in [1.54, 1.807) is 43.5 Å². The first-order valence-corrected chi connectivity index (χ1v) is 11.6. The molecule has 0 spiro atoms. The van der Waals surface area contributed by atoms with Crippen molar-refractivity contribution in [2.75, 3.05) is 12.0 Å². The van der Waals surface area contributed by atoms with Crippen molar-refractivity contribution in [1.29, 1.82) is 0 Å². The predicted octanol–water partition coefficient (Wildman–Crippen LogP) is 3.12. The van der Waals surface area contributed by atoms with Crippen LogP contribution < -0.4 is 15.0 Å². The molecule has 2 amide bonds. The summed E-state index contributed by atoms with van der Waals surface area (Å²) >= 11 is 0. The molecule has 1 fully saturated rings. The molecule has 1 saturated carbocycles. The van der Waals surface area contributed by atoms with Gasteiger partial charge in [-0.1, -0.05) is 19.8 Å². The number of benzene rings is 1. The minimum Gasteiger partial charge on any atom is -0.497 e. The van der Waals surface area contributed by atoms with Crippen molar-refractivity contribution < 1.29 is 18.7 Å². The van der Waals surface area contributed by atoms with Gasteiger partial charge in [0.2, 0.25) is 11.7 Å². The van der Waals surface area contributed by atoms with Crippen LogP contribution >= 0.6 is 0 Å². The molecule has 0 saturated heterocycles. The fourth-order valence-electron chi connectivity index (χ4n) is 4.25. The Morgan fingerprint density at radius 3 is 2.56 bits per heavy atom. The van der Waals surface area contributed by atoms with Crippen LogP contribution in [0.3, 0.4) is 0 Å². The second-order valence-corrected chi connectivity index (χ2v) is 8.43. The number of carbonyl (C=O) groups excluding carboxylic acids is 2. The molecule has 1 atom stereocenters. The van der Waals surface area contributed by atoms with Gasteiger partial charge in [-0.25, -0.2) is 0 Å². The number of furan rings is 1. The maximum absolute atomic E-state index is 13.5. The summed E-state index contributed by atoms with van der Waals surface area (Å²) in [4.78, 5) is 29.5. The molecular formula is C24H30N6O4. The second kappa shape index (κ2) is 10.5. The number of aromatic nitrogens is 4. The molecule has 2 aromatic heterocycles. The lowest BCUT2D eigenvalue weighted by molar-refractivity contribution is -0.127. The van der Waals surface area contributed by atoms with Crippen LogP contribution in [0.1, 0.15) is 44.8 Å². The van der Waals surface area contributed by atoms with Gasteiger partial charge in [0.25, 0.3) is 5.91 Å². The summed E-state index contributed by atoms with van der Waals surface area (Å²) in [5, 5.41) is 15.4. The van der Waals surface area contributed by atoms with Crippen molar-refractivity contribution in [2.45, 2.75) is 64.6 Å². The molecule has 10 heteroatoms. The number of anilines is 1. The highest BCUT2D eigenvalue weighted by atomic mass is 16.5. The van der Waals surface area contributed by atoms with Crippen LogP contribution in [0.15, 0.2) is 40.8 Å². The molecule has 4 rings (SSSR count). The Balaban J connectivity index is 1.57. The highest BCUT2D eigenvalue weighted by Crippen LogP contribution is 2.25. The van der Waals surface area contributed by atoms with Gasteiger partial charge in [-0.3, -0.25) is 14.5 Å². The first-order valence-electron chi connectivity index (χ1n) is 11.6. The molecule has 3 aromatic rings. The van der Waals surface area contributed by atoms with E-state index in [0.717, 1.165) is 31.4 Å². The molecular weight excluding hydrogens is 436 g/mol. The Hall–Kier alpha value is -3.69. The van der Waals surface area contributed by atoms with Crippen molar-refractivity contribution in [3.63, 3.8) is 0 Å². The highest BCUT2D eigenvalue weighted by molar-refractivity contribution is 6.00. The molecule has 2 heterocycles. The number of hydrogen-bond donors (Lipinski definition) is 1. The molecule has 0 unspecified atom stereocenters. The van der Waals surface area contributed by atoms with Crippen molar-refractivity contribution >= 4 is 17.5 Å². The smallest absolute Gasteiger partial charge is 0.251 e. The fraction of sp³-hybridized carbons (Fsp3) is 0.458. The topological polar surface area (TPSA) is 115 Å². The first-order chi connectivity index (χ1) is 16.5. The van der Waals surface area contributed by atoms with Crippen LogP contribution in [-0.4, -0.2) is 51.2 Å². The molecule has 0 radical (unpaired) electrons. The molecule has 10 nitrogen and oxygen atoms in total. The Kier molecular flexibility index (Phi) is 7.24. The third-order valence-corrected chi connectivity index (χ3v) is 6.01. The summed E-state index contributed by atoms with van der Waals surface area (Å²) in [6.07, 6.45) is 4.61. The number of tetrazole rings is 1. The third-order valence-electron chi connectivity index (χ3n) is 6.01. The SMILES string of the molecule is CC[C@@H](C(=O)NC1CCCC1)N(C(=O)Cn1nnc(-c2ccc(C)o2)n1)c1ccc(OC)cc1. The maximum atomic E-state index is 13.5. The minimum absolute atomic E-state index is 0.156. The Bertz CT molecular complexity index is 1120. The largest absolute Gasteiger partial charge is 0.497 e. The van der Waals surface area contributed by atoms with E-state index in [0.29, 0.717) is 29.4 Å². The monoisotopic (exact) mass is 466 g/mol. The fourth-order valence-corrected chi connectivity index (χ4v) is 4.25. The normalized spacial score (nSPS) is 14.7. The van der Waals surface area contributed by atoms with E-state index in [9.17, 15) is 9.59 Å². The summed E-state index contributed by atoms with van der Waals surface area (Å²) in [6, 6.07) is 10.1. The zero-order valence-corrected chi connectivity index (χ0v) is 19.7. The van der Waals surface area contributed by atoms with Gasteiger partial charge < -0.3 is 14.5 Å². The number of rotatable bonds is 9. The zero-order valence-electron chi connectivity index (χ0n) is 19.7. The van der Waals surface area contributed by atoms with E-state index in [2.05, 4.69) is 20.7 Å². The standard InChI is InChI=1S/C24H30N6O4/c1-4-20(24(32)25-17-7-5-6-8-17)30(18-10-12-19(33-3)13-11-18)22(31)15-29-27-23(26-28-29)21-14-9-16(2)34-21/h9-14,17,20H,4-8,15H2,1-3H3,(H,25,32)/t20-/m0/s1. The number of carbonyl (C=O) groups is 2. The number of methoxy groups -OCH3 is 1. The second-order valence-electron chi connectivity index (χ2n) is 8.43. The molecule has 1 N–H and O–H groups in total. The van der Waals surface area contributed by atoms with Gasteiger partial charge in [0, 0.05) is 11.7 Å². The van der Waals surface area contributed by atoms with Crippen LogP contribution in [0.2, 0.25) is 0 Å². The average molecular weight is 467 g/mol. The Morgan fingerprint density at radius 1 is 1.21 bits per heavy atom. The molecule has 1 aliphatic rings. The average Bonchev–Trinajstić information content (AvgIpc) is 3.60. The molecule has 0 aliphatic heterocycles. The highest BCUT2D eigenvalue weighted by Gasteiger charge is 2.32. The van der Waals surface area contributed by atoms with Gasteiger partial charge in [0.15, 0.2) is 5.76 Å². The number of ether oxygens (including phenoxy) is 1. The molecule has 34 heavy (non-hydrogen) atoms. The molecule has 180 valence electrons. The Morgan fingerprint density at radius 2 is 1.94 bits per heavy atom. The van der Waals surface area contributed by atoms with Gasteiger partial charge in [-0.15, -0.1) is 10.2 Å². The lowest BCUT2D eigenvalue weighted by Gasteiger charge is -2.31. The lowest BCUT2D eigenvalue weighted by atomic mass is 10.1. The lowest BCUT2D eigenvalue weighted by Crippen LogP contribution is -2.52. The van der Waals surface area contributed by atoms with Crippen LogP contribution in [-0.2, 0) is 16.1 Å². The van der Waals surface area contributed by atoms with E-state index in [4.69, 9.17) is 9.15 Å². The van der Waals surface area contributed by atoms with E-state index in [1.165, 1.54) is 9.70 Å². The van der Waals surface area contributed by atoms with E-state index >= 15 is 0 Å². The summed E-state index contributed by atoms with van der Waals surface area (Å²) < 4.78 is 10.8. The van der Waals surface area contributed by atoms with Crippen molar-refractivity contribution in [1.82, 2.24) is 25.5 Å².